The minimum atomic E-state index is -0.391. The quantitative estimate of drug-likeness (QED) is 0.827. The first-order valence-electron chi connectivity index (χ1n) is 10.2. The van der Waals surface area contributed by atoms with Crippen LogP contribution in [0.25, 0.3) is 0 Å². The van der Waals surface area contributed by atoms with Crippen LogP contribution in [-0.2, 0) is 9.59 Å². The van der Waals surface area contributed by atoms with E-state index in [0.717, 1.165) is 32.1 Å². The van der Waals surface area contributed by atoms with Gasteiger partial charge < -0.3 is 15.0 Å². The summed E-state index contributed by atoms with van der Waals surface area (Å²) in [5.74, 6) is 1.43. The summed E-state index contributed by atoms with van der Waals surface area (Å²) >= 11 is 0. The van der Waals surface area contributed by atoms with Gasteiger partial charge in [-0.2, -0.15) is 0 Å². The summed E-state index contributed by atoms with van der Waals surface area (Å²) < 4.78 is 5.93. The SMILES string of the molecule is O=C(Nc1ccccc1Oc1ccccc1)C1CCCN1C(=O)C1CCCC1. The molecule has 2 amide bonds. The van der Waals surface area contributed by atoms with E-state index in [1.54, 1.807) is 4.90 Å². The van der Waals surface area contributed by atoms with Crippen molar-refractivity contribution < 1.29 is 14.3 Å². The Morgan fingerprint density at radius 3 is 2.39 bits per heavy atom. The van der Waals surface area contributed by atoms with E-state index < -0.39 is 6.04 Å². The van der Waals surface area contributed by atoms with Gasteiger partial charge in [-0.05, 0) is 49.9 Å². The number of benzene rings is 2. The van der Waals surface area contributed by atoms with E-state index in [2.05, 4.69) is 5.32 Å². The molecular weight excluding hydrogens is 352 g/mol. The molecule has 0 radical (unpaired) electrons. The second kappa shape index (κ2) is 8.46. The Kier molecular flexibility index (Phi) is 5.60. The molecule has 1 unspecified atom stereocenters. The molecular formula is C23H26N2O3. The smallest absolute Gasteiger partial charge is 0.247 e. The molecule has 1 N–H and O–H groups in total. The van der Waals surface area contributed by atoms with Crippen molar-refractivity contribution >= 4 is 17.5 Å². The second-order valence-corrected chi connectivity index (χ2v) is 7.57. The molecule has 1 saturated heterocycles. The highest BCUT2D eigenvalue weighted by Crippen LogP contribution is 2.32. The van der Waals surface area contributed by atoms with E-state index >= 15 is 0 Å². The first-order chi connectivity index (χ1) is 13.7. The molecule has 5 nitrogen and oxygen atoms in total. The maximum atomic E-state index is 13.0. The van der Waals surface area contributed by atoms with Crippen LogP contribution in [0.4, 0.5) is 5.69 Å². The minimum Gasteiger partial charge on any atom is -0.455 e. The molecule has 0 spiro atoms. The zero-order chi connectivity index (χ0) is 19.3. The molecule has 1 saturated carbocycles. The van der Waals surface area contributed by atoms with E-state index in [1.165, 1.54) is 0 Å². The van der Waals surface area contributed by atoms with Gasteiger partial charge in [0.15, 0.2) is 5.75 Å². The fourth-order valence-electron chi connectivity index (χ4n) is 4.20. The lowest BCUT2D eigenvalue weighted by Gasteiger charge is -2.27. The number of hydrogen-bond donors (Lipinski definition) is 1. The third-order valence-electron chi connectivity index (χ3n) is 5.66. The van der Waals surface area contributed by atoms with Crippen LogP contribution in [0.2, 0.25) is 0 Å². The fourth-order valence-corrected chi connectivity index (χ4v) is 4.20. The third kappa shape index (κ3) is 4.03. The van der Waals surface area contributed by atoms with Gasteiger partial charge >= 0.3 is 0 Å². The van der Waals surface area contributed by atoms with Crippen LogP contribution in [0.5, 0.6) is 11.5 Å². The van der Waals surface area contributed by atoms with Crippen LogP contribution in [0.15, 0.2) is 54.6 Å². The highest BCUT2D eigenvalue weighted by atomic mass is 16.5. The molecule has 1 heterocycles. The first kappa shape index (κ1) is 18.5. The Labute approximate surface area is 165 Å². The van der Waals surface area contributed by atoms with Crippen molar-refractivity contribution in [3.8, 4) is 11.5 Å². The maximum Gasteiger partial charge on any atom is 0.247 e. The van der Waals surface area contributed by atoms with Gasteiger partial charge in [-0.15, -0.1) is 0 Å². The monoisotopic (exact) mass is 378 g/mol. The van der Waals surface area contributed by atoms with Crippen molar-refractivity contribution in [1.82, 2.24) is 4.90 Å². The molecule has 2 fully saturated rings. The number of nitrogens with zero attached hydrogens (tertiary/aromatic N) is 1. The summed E-state index contributed by atoms with van der Waals surface area (Å²) in [5.41, 5.74) is 0.622. The molecule has 2 aromatic rings. The highest BCUT2D eigenvalue weighted by Gasteiger charge is 2.37. The summed E-state index contributed by atoms with van der Waals surface area (Å²) in [5, 5.41) is 2.99. The third-order valence-corrected chi connectivity index (χ3v) is 5.66. The van der Waals surface area contributed by atoms with Crippen LogP contribution in [-0.4, -0.2) is 29.3 Å². The van der Waals surface area contributed by atoms with E-state index in [0.29, 0.717) is 30.2 Å². The lowest BCUT2D eigenvalue weighted by atomic mass is 10.1. The van der Waals surface area contributed by atoms with Crippen LogP contribution in [0.3, 0.4) is 0 Å². The van der Waals surface area contributed by atoms with Gasteiger partial charge in [0.05, 0.1) is 5.69 Å². The molecule has 4 rings (SSSR count). The van der Waals surface area contributed by atoms with E-state index in [9.17, 15) is 9.59 Å². The molecule has 1 atom stereocenters. The Hall–Kier alpha value is -2.82. The lowest BCUT2D eigenvalue weighted by molar-refractivity contribution is -0.140. The predicted molar refractivity (Wildman–Crippen MR) is 108 cm³/mol. The molecule has 2 aliphatic rings. The van der Waals surface area contributed by atoms with Gasteiger partial charge in [0.25, 0.3) is 0 Å². The number of ether oxygens (including phenoxy) is 1. The normalized spacial score (nSPS) is 19.6. The molecule has 5 heteroatoms. The van der Waals surface area contributed by atoms with Crippen molar-refractivity contribution in [3.63, 3.8) is 0 Å². The number of carbonyl (C=O) groups excluding carboxylic acids is 2. The van der Waals surface area contributed by atoms with Gasteiger partial charge in [-0.25, -0.2) is 0 Å². The van der Waals surface area contributed by atoms with Crippen molar-refractivity contribution in [3.05, 3.63) is 54.6 Å². The highest BCUT2D eigenvalue weighted by molar-refractivity contribution is 5.98. The Morgan fingerprint density at radius 2 is 1.61 bits per heavy atom. The minimum absolute atomic E-state index is 0.0992. The van der Waals surface area contributed by atoms with Crippen molar-refractivity contribution in [2.45, 2.75) is 44.6 Å². The molecule has 2 aromatic carbocycles. The lowest BCUT2D eigenvalue weighted by Crippen LogP contribution is -2.45. The van der Waals surface area contributed by atoms with E-state index in [-0.39, 0.29) is 17.7 Å². The number of likely N-dealkylation sites (tertiary alicyclic amines) is 1. The maximum absolute atomic E-state index is 13.0. The van der Waals surface area contributed by atoms with Crippen LogP contribution < -0.4 is 10.1 Å². The van der Waals surface area contributed by atoms with Gasteiger partial charge in [0.1, 0.15) is 11.8 Å². The summed E-state index contributed by atoms with van der Waals surface area (Å²) in [6, 6.07) is 16.5. The van der Waals surface area contributed by atoms with E-state index in [4.69, 9.17) is 4.74 Å². The van der Waals surface area contributed by atoms with Crippen LogP contribution in [0.1, 0.15) is 38.5 Å². The standard InChI is InChI=1S/C23H26N2O3/c26-22(20-14-8-16-25(20)23(27)17-9-4-5-10-17)24-19-13-6-7-15-21(19)28-18-11-2-1-3-12-18/h1-3,6-7,11-13,15,17,20H,4-5,8-10,14,16H2,(H,24,26). The van der Waals surface area contributed by atoms with Crippen molar-refractivity contribution in [1.29, 1.82) is 0 Å². The molecule has 146 valence electrons. The number of carbonyl (C=O) groups is 2. The average molecular weight is 378 g/mol. The average Bonchev–Trinajstić information content (AvgIpc) is 3.42. The van der Waals surface area contributed by atoms with Gasteiger partial charge in [0.2, 0.25) is 11.8 Å². The first-order valence-corrected chi connectivity index (χ1v) is 10.2. The second-order valence-electron chi connectivity index (χ2n) is 7.57. The Balaban J connectivity index is 1.46. The van der Waals surface area contributed by atoms with E-state index in [1.807, 2.05) is 54.6 Å². The number of nitrogens with one attached hydrogen (secondary N) is 1. The largest absolute Gasteiger partial charge is 0.455 e. The van der Waals surface area contributed by atoms with Crippen molar-refractivity contribution in [2.24, 2.45) is 5.92 Å². The fraction of sp³-hybridized carbons (Fsp3) is 0.391. The molecule has 28 heavy (non-hydrogen) atoms. The Bertz CT molecular complexity index is 831. The zero-order valence-corrected chi connectivity index (χ0v) is 16.0. The van der Waals surface area contributed by atoms with Gasteiger partial charge in [-0.1, -0.05) is 43.2 Å². The number of rotatable bonds is 5. The topological polar surface area (TPSA) is 58.6 Å². The Morgan fingerprint density at radius 1 is 0.893 bits per heavy atom. The van der Waals surface area contributed by atoms with Gasteiger partial charge in [0, 0.05) is 12.5 Å². The summed E-state index contributed by atoms with van der Waals surface area (Å²) in [6.45, 7) is 0.676. The van der Waals surface area contributed by atoms with Gasteiger partial charge in [-0.3, -0.25) is 9.59 Å². The molecule has 0 aromatic heterocycles. The summed E-state index contributed by atoms with van der Waals surface area (Å²) in [7, 11) is 0. The van der Waals surface area contributed by atoms with Crippen LogP contribution in [0, 0.1) is 5.92 Å². The predicted octanol–water partition coefficient (Wildman–Crippen LogP) is 4.60. The molecule has 1 aliphatic heterocycles. The number of anilines is 1. The number of hydrogen-bond acceptors (Lipinski definition) is 3. The van der Waals surface area contributed by atoms with Crippen molar-refractivity contribution in [2.75, 3.05) is 11.9 Å². The number of amides is 2. The summed E-state index contributed by atoms with van der Waals surface area (Å²) in [6.07, 6.45) is 5.73. The number of para-hydroxylation sites is 3. The summed E-state index contributed by atoms with van der Waals surface area (Å²) in [4.78, 5) is 27.6. The van der Waals surface area contributed by atoms with Crippen LogP contribution >= 0.6 is 0 Å². The molecule has 0 bridgehead atoms. The molecule has 1 aliphatic carbocycles. The zero-order valence-electron chi connectivity index (χ0n) is 16.0.